The highest BCUT2D eigenvalue weighted by atomic mass is 15.2. The van der Waals surface area contributed by atoms with Gasteiger partial charge in [-0.3, -0.25) is 4.90 Å². The van der Waals surface area contributed by atoms with E-state index < -0.39 is 0 Å². The van der Waals surface area contributed by atoms with Gasteiger partial charge in [0.25, 0.3) is 0 Å². The summed E-state index contributed by atoms with van der Waals surface area (Å²) in [5.41, 5.74) is 0. The SMILES string of the molecule is [CH]1CCN(C2C[CH]NC2)C1. The molecule has 10 heavy (non-hydrogen) atoms. The van der Waals surface area contributed by atoms with Crippen LogP contribution in [0.4, 0.5) is 0 Å². The molecule has 2 heterocycles. The minimum Gasteiger partial charge on any atom is -0.311 e. The van der Waals surface area contributed by atoms with E-state index in [1.807, 2.05) is 0 Å². The fraction of sp³-hybridized carbons (Fsp3) is 0.750. The zero-order valence-corrected chi connectivity index (χ0v) is 6.21. The van der Waals surface area contributed by atoms with Gasteiger partial charge in [-0.15, -0.1) is 0 Å². The number of hydrogen-bond acceptors (Lipinski definition) is 2. The molecular weight excluding hydrogens is 124 g/mol. The van der Waals surface area contributed by atoms with E-state index in [1.54, 1.807) is 0 Å². The molecule has 1 atom stereocenters. The van der Waals surface area contributed by atoms with E-state index in [2.05, 4.69) is 23.2 Å². The van der Waals surface area contributed by atoms with Gasteiger partial charge in [0.1, 0.15) is 0 Å². The monoisotopic (exact) mass is 138 g/mol. The van der Waals surface area contributed by atoms with Crippen LogP contribution in [-0.4, -0.2) is 30.6 Å². The summed E-state index contributed by atoms with van der Waals surface area (Å²) in [4.78, 5) is 2.55. The number of nitrogens with one attached hydrogen (secondary N) is 1. The van der Waals surface area contributed by atoms with E-state index in [1.165, 1.54) is 25.9 Å². The van der Waals surface area contributed by atoms with Crippen molar-refractivity contribution < 1.29 is 0 Å². The van der Waals surface area contributed by atoms with E-state index in [0.29, 0.717) is 0 Å². The molecule has 0 bridgehead atoms. The van der Waals surface area contributed by atoms with E-state index in [4.69, 9.17) is 0 Å². The van der Waals surface area contributed by atoms with Crippen molar-refractivity contribution in [3.8, 4) is 0 Å². The van der Waals surface area contributed by atoms with Crippen LogP contribution in [0.3, 0.4) is 0 Å². The fourth-order valence-electron chi connectivity index (χ4n) is 1.74. The summed E-state index contributed by atoms with van der Waals surface area (Å²) in [7, 11) is 0. The minimum atomic E-state index is 0.791. The first kappa shape index (κ1) is 6.62. The summed E-state index contributed by atoms with van der Waals surface area (Å²) in [6, 6.07) is 0.791. The largest absolute Gasteiger partial charge is 0.311 e. The second-order valence-corrected chi connectivity index (χ2v) is 3.07. The Bertz CT molecular complexity index is 87.8. The lowest BCUT2D eigenvalue weighted by atomic mass is 10.2. The zero-order chi connectivity index (χ0) is 6.81. The number of likely N-dealkylation sites (tertiary alicyclic amines) is 1. The molecule has 2 aliphatic heterocycles. The Morgan fingerprint density at radius 3 is 3.10 bits per heavy atom. The van der Waals surface area contributed by atoms with Crippen LogP contribution in [0.5, 0.6) is 0 Å². The topological polar surface area (TPSA) is 15.3 Å². The fourth-order valence-corrected chi connectivity index (χ4v) is 1.74. The lowest BCUT2D eigenvalue weighted by Crippen LogP contribution is -2.34. The molecule has 1 unspecified atom stereocenters. The molecule has 2 nitrogen and oxygen atoms in total. The van der Waals surface area contributed by atoms with Crippen molar-refractivity contribution in [2.24, 2.45) is 0 Å². The van der Waals surface area contributed by atoms with Gasteiger partial charge in [-0.25, -0.2) is 0 Å². The molecule has 0 spiro atoms. The van der Waals surface area contributed by atoms with Crippen LogP contribution in [0.1, 0.15) is 12.8 Å². The van der Waals surface area contributed by atoms with E-state index >= 15 is 0 Å². The summed E-state index contributed by atoms with van der Waals surface area (Å²) >= 11 is 0. The molecular formula is C8H14N2. The Hall–Kier alpha value is -0.0800. The summed E-state index contributed by atoms with van der Waals surface area (Å²) < 4.78 is 0. The van der Waals surface area contributed by atoms with Crippen molar-refractivity contribution >= 4 is 0 Å². The Balaban J connectivity index is 1.85. The maximum atomic E-state index is 3.27. The van der Waals surface area contributed by atoms with Gasteiger partial charge < -0.3 is 5.32 Å². The van der Waals surface area contributed by atoms with Gasteiger partial charge in [-0.2, -0.15) is 0 Å². The summed E-state index contributed by atoms with van der Waals surface area (Å²) in [5, 5.41) is 3.27. The van der Waals surface area contributed by atoms with Gasteiger partial charge in [0, 0.05) is 25.7 Å². The molecule has 0 aromatic rings. The average molecular weight is 138 g/mol. The van der Waals surface area contributed by atoms with Crippen molar-refractivity contribution in [2.45, 2.75) is 18.9 Å². The smallest absolute Gasteiger partial charge is 0.0237 e. The van der Waals surface area contributed by atoms with Crippen molar-refractivity contribution in [1.29, 1.82) is 0 Å². The normalized spacial score (nSPS) is 35.4. The van der Waals surface area contributed by atoms with Crippen molar-refractivity contribution in [3.63, 3.8) is 0 Å². The predicted molar refractivity (Wildman–Crippen MR) is 41.2 cm³/mol. The van der Waals surface area contributed by atoms with Crippen molar-refractivity contribution in [3.05, 3.63) is 13.0 Å². The molecule has 2 saturated heterocycles. The lowest BCUT2D eigenvalue weighted by Gasteiger charge is -2.21. The summed E-state index contributed by atoms with van der Waals surface area (Å²) in [6.07, 6.45) is 4.89. The van der Waals surface area contributed by atoms with Gasteiger partial charge >= 0.3 is 0 Å². The minimum absolute atomic E-state index is 0.791. The molecule has 2 radical (unpaired) electrons. The van der Waals surface area contributed by atoms with Crippen LogP contribution >= 0.6 is 0 Å². The van der Waals surface area contributed by atoms with Gasteiger partial charge in [0.15, 0.2) is 0 Å². The molecule has 0 amide bonds. The lowest BCUT2D eigenvalue weighted by molar-refractivity contribution is 0.264. The van der Waals surface area contributed by atoms with Crippen LogP contribution in [-0.2, 0) is 0 Å². The Labute approximate surface area is 62.6 Å². The number of nitrogens with zero attached hydrogens (tertiary/aromatic N) is 1. The average Bonchev–Trinajstić information content (AvgIpc) is 2.59. The molecule has 0 aromatic carbocycles. The van der Waals surface area contributed by atoms with Gasteiger partial charge in [0.2, 0.25) is 0 Å². The second-order valence-electron chi connectivity index (χ2n) is 3.07. The van der Waals surface area contributed by atoms with Crippen LogP contribution in [0, 0.1) is 13.0 Å². The van der Waals surface area contributed by atoms with Crippen LogP contribution < -0.4 is 5.32 Å². The highest BCUT2D eigenvalue weighted by Crippen LogP contribution is 2.16. The number of hydrogen-bond donors (Lipinski definition) is 1. The van der Waals surface area contributed by atoms with Crippen LogP contribution in [0.15, 0.2) is 0 Å². The molecule has 0 aliphatic carbocycles. The quantitative estimate of drug-likeness (QED) is 0.565. The molecule has 1 N–H and O–H groups in total. The first-order valence-electron chi connectivity index (χ1n) is 4.07. The zero-order valence-electron chi connectivity index (χ0n) is 6.21. The molecule has 56 valence electrons. The Morgan fingerprint density at radius 2 is 2.50 bits per heavy atom. The second kappa shape index (κ2) is 2.89. The van der Waals surface area contributed by atoms with Gasteiger partial charge in [-0.05, 0) is 25.8 Å². The first-order valence-corrected chi connectivity index (χ1v) is 4.07. The van der Waals surface area contributed by atoms with E-state index in [9.17, 15) is 0 Å². The Kier molecular flexibility index (Phi) is 1.91. The maximum Gasteiger partial charge on any atom is 0.0237 e. The standard InChI is InChI=1S/C8H14N2/c1-2-6-10(5-1)8-3-4-9-7-8/h1,4,8-9H,2-3,5-7H2. The van der Waals surface area contributed by atoms with Crippen molar-refractivity contribution in [1.82, 2.24) is 10.2 Å². The third kappa shape index (κ3) is 1.18. The summed E-state index contributed by atoms with van der Waals surface area (Å²) in [6.45, 7) is 5.83. The number of rotatable bonds is 1. The highest BCUT2D eigenvalue weighted by molar-refractivity contribution is 4.92. The molecule has 0 aromatic heterocycles. The van der Waals surface area contributed by atoms with Gasteiger partial charge in [0.05, 0.1) is 0 Å². The van der Waals surface area contributed by atoms with Crippen LogP contribution in [0.2, 0.25) is 0 Å². The Morgan fingerprint density at radius 1 is 1.50 bits per heavy atom. The first-order chi connectivity index (χ1) is 4.97. The molecule has 2 heteroatoms. The molecule has 2 rings (SSSR count). The van der Waals surface area contributed by atoms with Crippen LogP contribution in [0.25, 0.3) is 0 Å². The molecule has 2 fully saturated rings. The van der Waals surface area contributed by atoms with E-state index in [-0.39, 0.29) is 0 Å². The summed E-state index contributed by atoms with van der Waals surface area (Å²) in [5.74, 6) is 0. The maximum absolute atomic E-state index is 3.27. The highest BCUT2D eigenvalue weighted by Gasteiger charge is 2.24. The molecule has 0 saturated carbocycles. The van der Waals surface area contributed by atoms with Crippen molar-refractivity contribution in [2.75, 3.05) is 19.6 Å². The third-order valence-corrected chi connectivity index (χ3v) is 2.39. The van der Waals surface area contributed by atoms with E-state index in [0.717, 1.165) is 12.6 Å². The predicted octanol–water partition coefficient (Wildman–Crippen LogP) is 0.420. The molecule has 2 aliphatic rings. The van der Waals surface area contributed by atoms with Gasteiger partial charge in [-0.1, -0.05) is 0 Å². The third-order valence-electron chi connectivity index (χ3n) is 2.39.